The highest BCUT2D eigenvalue weighted by Crippen LogP contribution is 2.75. The molecule has 1 aromatic rings. The normalized spacial score (nSPS) is 28.8. The van der Waals surface area contributed by atoms with Crippen LogP contribution < -0.4 is 0 Å². The molecule has 0 atom stereocenters. The van der Waals surface area contributed by atoms with Gasteiger partial charge in [-0.05, 0) is 63.1 Å². The maximum atomic E-state index is 13.0. The fraction of sp³-hybridized carbons (Fsp3) is 0.619. The number of sulfone groups is 1. The standard InChI is InChI=1S/C21H26ClNO5S/c1-19(2,3)28-18(25)23-8-13(9-23)17(24)21-10-20(11-21,12-21)15-6-5-14(22)7-16(15)29(4,26)27/h5-7,13H,8-12H2,1-4H3. The molecule has 3 aliphatic carbocycles. The summed E-state index contributed by atoms with van der Waals surface area (Å²) in [6.07, 6.45) is 2.83. The first-order valence-electron chi connectivity index (χ1n) is 9.77. The average molecular weight is 440 g/mol. The topological polar surface area (TPSA) is 80.8 Å². The first-order valence-corrected chi connectivity index (χ1v) is 12.0. The maximum Gasteiger partial charge on any atom is 0.410 e. The summed E-state index contributed by atoms with van der Waals surface area (Å²) >= 11 is 6.01. The van der Waals surface area contributed by atoms with E-state index in [9.17, 15) is 18.0 Å². The van der Waals surface area contributed by atoms with Crippen LogP contribution in [0, 0.1) is 11.3 Å². The van der Waals surface area contributed by atoms with E-state index in [1.165, 1.54) is 12.3 Å². The van der Waals surface area contributed by atoms with Crippen LogP contribution in [-0.4, -0.2) is 50.1 Å². The number of ketones is 1. The number of ether oxygens (including phenoxy) is 1. The second-order valence-electron chi connectivity index (χ2n) is 9.95. The Bertz CT molecular complexity index is 985. The van der Waals surface area contributed by atoms with Crippen molar-refractivity contribution in [1.82, 2.24) is 4.90 Å². The molecule has 2 bridgehead atoms. The quantitative estimate of drug-likeness (QED) is 0.715. The van der Waals surface area contributed by atoms with Gasteiger partial charge in [-0.1, -0.05) is 17.7 Å². The molecule has 5 rings (SSSR count). The Hall–Kier alpha value is -1.60. The lowest BCUT2D eigenvalue weighted by Gasteiger charge is -2.71. The molecule has 0 spiro atoms. The summed E-state index contributed by atoms with van der Waals surface area (Å²) in [6.45, 7) is 6.25. The molecule has 1 heterocycles. The van der Waals surface area contributed by atoms with E-state index in [1.807, 2.05) is 20.8 Å². The predicted octanol–water partition coefficient (Wildman–Crippen LogP) is 3.60. The van der Waals surface area contributed by atoms with Gasteiger partial charge in [0, 0.05) is 29.8 Å². The van der Waals surface area contributed by atoms with Crippen molar-refractivity contribution in [3.8, 4) is 0 Å². The number of benzene rings is 1. The highest BCUT2D eigenvalue weighted by molar-refractivity contribution is 7.90. The summed E-state index contributed by atoms with van der Waals surface area (Å²) in [7, 11) is -3.40. The number of amides is 1. The Morgan fingerprint density at radius 3 is 2.28 bits per heavy atom. The van der Waals surface area contributed by atoms with Crippen molar-refractivity contribution in [3.05, 3.63) is 28.8 Å². The highest BCUT2D eigenvalue weighted by atomic mass is 35.5. The van der Waals surface area contributed by atoms with E-state index in [1.54, 1.807) is 17.0 Å². The molecule has 158 valence electrons. The highest BCUT2D eigenvalue weighted by Gasteiger charge is 2.73. The Labute approximate surface area is 176 Å². The van der Waals surface area contributed by atoms with Crippen LogP contribution in [0.1, 0.15) is 45.6 Å². The Kier molecular flexibility index (Phi) is 4.42. The van der Waals surface area contributed by atoms with Gasteiger partial charge in [-0.2, -0.15) is 0 Å². The molecule has 0 unspecified atom stereocenters. The number of carbonyl (C=O) groups is 2. The molecule has 3 saturated carbocycles. The molecule has 0 aromatic heterocycles. The van der Waals surface area contributed by atoms with Gasteiger partial charge in [0.1, 0.15) is 11.4 Å². The van der Waals surface area contributed by atoms with Gasteiger partial charge >= 0.3 is 6.09 Å². The molecule has 8 heteroatoms. The Morgan fingerprint density at radius 2 is 1.76 bits per heavy atom. The molecule has 0 N–H and O–H groups in total. The molecule has 4 fully saturated rings. The number of rotatable bonds is 4. The van der Waals surface area contributed by atoms with E-state index in [0.29, 0.717) is 37.4 Å². The number of halogens is 1. The van der Waals surface area contributed by atoms with Crippen molar-refractivity contribution >= 4 is 33.3 Å². The smallest absolute Gasteiger partial charge is 0.410 e. The molecule has 1 saturated heterocycles. The number of likely N-dealkylation sites (tertiary alicyclic amines) is 1. The van der Waals surface area contributed by atoms with Crippen molar-refractivity contribution < 1.29 is 22.7 Å². The van der Waals surface area contributed by atoms with Gasteiger partial charge in [0.05, 0.1) is 10.8 Å². The number of hydrogen-bond donors (Lipinski definition) is 0. The fourth-order valence-electron chi connectivity index (χ4n) is 5.13. The van der Waals surface area contributed by atoms with Crippen LogP contribution in [0.25, 0.3) is 0 Å². The third-order valence-corrected chi connectivity index (χ3v) is 7.74. The van der Waals surface area contributed by atoms with Crippen molar-refractivity contribution in [2.75, 3.05) is 19.3 Å². The summed E-state index contributed by atoms with van der Waals surface area (Å²) in [5.41, 5.74) is -0.377. The first-order chi connectivity index (χ1) is 13.2. The minimum absolute atomic E-state index is 0.152. The van der Waals surface area contributed by atoms with Gasteiger partial charge in [-0.3, -0.25) is 4.79 Å². The molecule has 4 aliphatic rings. The van der Waals surface area contributed by atoms with Crippen molar-refractivity contribution in [1.29, 1.82) is 0 Å². The second-order valence-corrected chi connectivity index (χ2v) is 12.4. The molecule has 29 heavy (non-hydrogen) atoms. The zero-order valence-electron chi connectivity index (χ0n) is 17.1. The predicted molar refractivity (Wildman–Crippen MR) is 109 cm³/mol. The minimum Gasteiger partial charge on any atom is -0.444 e. The van der Waals surface area contributed by atoms with Crippen LogP contribution in [0.5, 0.6) is 0 Å². The Balaban J connectivity index is 1.40. The van der Waals surface area contributed by atoms with Gasteiger partial charge in [0.2, 0.25) is 0 Å². The van der Waals surface area contributed by atoms with Crippen molar-refractivity contribution in [2.45, 2.75) is 55.9 Å². The minimum atomic E-state index is -3.40. The molecular formula is C21H26ClNO5S. The van der Waals surface area contributed by atoms with Gasteiger partial charge in [0.25, 0.3) is 0 Å². The summed E-state index contributed by atoms with van der Waals surface area (Å²) in [4.78, 5) is 26.9. The SMILES string of the molecule is CC(C)(C)OC(=O)N1CC(C(=O)C23CC(c4ccc(Cl)cc4S(C)(=O)=O)(C2)C3)C1. The van der Waals surface area contributed by atoms with Gasteiger partial charge in [-0.15, -0.1) is 0 Å². The van der Waals surface area contributed by atoms with E-state index < -0.39 is 15.4 Å². The first kappa shape index (κ1) is 20.7. The number of carbonyl (C=O) groups excluding carboxylic acids is 2. The number of hydrogen-bond acceptors (Lipinski definition) is 5. The van der Waals surface area contributed by atoms with Crippen LogP contribution in [0.2, 0.25) is 5.02 Å². The number of nitrogens with zero attached hydrogens (tertiary/aromatic N) is 1. The monoisotopic (exact) mass is 439 g/mol. The van der Waals surface area contributed by atoms with Crippen LogP contribution in [-0.2, 0) is 24.8 Å². The van der Waals surface area contributed by atoms with E-state index in [2.05, 4.69) is 0 Å². The van der Waals surface area contributed by atoms with Crippen LogP contribution in [0.4, 0.5) is 4.79 Å². The summed E-state index contributed by atoms with van der Waals surface area (Å²) < 4.78 is 29.8. The van der Waals surface area contributed by atoms with E-state index in [-0.39, 0.29) is 33.5 Å². The second kappa shape index (κ2) is 6.20. The largest absolute Gasteiger partial charge is 0.444 e. The lowest BCUT2D eigenvalue weighted by molar-refractivity contribution is -0.182. The zero-order valence-corrected chi connectivity index (χ0v) is 18.7. The van der Waals surface area contributed by atoms with Gasteiger partial charge in [0.15, 0.2) is 9.84 Å². The molecule has 0 radical (unpaired) electrons. The number of Topliss-reactive ketones (excluding diaryl/α,β-unsaturated/α-hetero) is 1. The third kappa shape index (κ3) is 3.36. The Morgan fingerprint density at radius 1 is 1.17 bits per heavy atom. The maximum absolute atomic E-state index is 13.0. The lowest BCUT2D eigenvalue weighted by Crippen LogP contribution is -2.71. The third-order valence-electron chi connectivity index (χ3n) is 6.37. The molecular weight excluding hydrogens is 414 g/mol. The molecule has 6 nitrogen and oxygen atoms in total. The average Bonchev–Trinajstić information content (AvgIpc) is 2.41. The van der Waals surface area contributed by atoms with E-state index >= 15 is 0 Å². The zero-order chi connectivity index (χ0) is 21.4. The molecule has 1 aromatic carbocycles. The molecule has 1 aliphatic heterocycles. The summed E-state index contributed by atoms with van der Waals surface area (Å²) in [6, 6.07) is 5.01. The molecule has 1 amide bonds. The van der Waals surface area contributed by atoms with E-state index in [0.717, 1.165) is 5.56 Å². The lowest BCUT2D eigenvalue weighted by atomic mass is 9.31. The van der Waals surface area contributed by atoms with Crippen LogP contribution >= 0.6 is 11.6 Å². The summed E-state index contributed by atoms with van der Waals surface area (Å²) in [5.74, 6) is 0.0504. The van der Waals surface area contributed by atoms with Crippen molar-refractivity contribution in [2.24, 2.45) is 11.3 Å². The summed E-state index contributed by atoms with van der Waals surface area (Å²) in [5, 5.41) is 0.392. The van der Waals surface area contributed by atoms with E-state index in [4.69, 9.17) is 16.3 Å². The van der Waals surface area contributed by atoms with Gasteiger partial charge in [-0.25, -0.2) is 13.2 Å². The van der Waals surface area contributed by atoms with Crippen molar-refractivity contribution in [3.63, 3.8) is 0 Å². The van der Waals surface area contributed by atoms with Crippen LogP contribution in [0.3, 0.4) is 0 Å². The van der Waals surface area contributed by atoms with Gasteiger partial charge < -0.3 is 9.64 Å². The van der Waals surface area contributed by atoms with Crippen LogP contribution in [0.15, 0.2) is 23.1 Å². The fourth-order valence-corrected chi connectivity index (χ4v) is 6.39.